The number of aliphatic hydroxyl groups is 1. The number of rotatable bonds is 4. The molecule has 0 aliphatic heterocycles. The molecule has 18 heavy (non-hydrogen) atoms. The van der Waals surface area contributed by atoms with Crippen molar-refractivity contribution in [2.75, 3.05) is 0 Å². The Bertz CT molecular complexity index is 540. The molecule has 0 saturated carbocycles. The smallest absolute Gasteiger partial charge is 0.231 e. The van der Waals surface area contributed by atoms with Crippen molar-refractivity contribution in [1.29, 1.82) is 0 Å². The summed E-state index contributed by atoms with van der Waals surface area (Å²) in [5, 5.41) is 12.5. The Hall–Kier alpha value is -2.44. The van der Waals surface area contributed by atoms with Crippen LogP contribution >= 0.6 is 0 Å². The van der Waals surface area contributed by atoms with Crippen LogP contribution in [0.5, 0.6) is 0 Å². The Kier molecular flexibility index (Phi) is 4.23. The minimum atomic E-state index is 0.0442. The molecule has 2 nitrogen and oxygen atoms in total. The van der Waals surface area contributed by atoms with E-state index in [4.69, 9.17) is 0 Å². The van der Waals surface area contributed by atoms with Gasteiger partial charge in [0.15, 0.2) is 0 Å². The monoisotopic (exact) mass is 237 g/mol. The minimum Gasteiger partial charge on any atom is -0.489 e. The zero-order chi connectivity index (χ0) is 12.6. The van der Waals surface area contributed by atoms with Gasteiger partial charge >= 0.3 is 0 Å². The number of aliphatic hydroxyl groups excluding tert-OH is 1. The van der Waals surface area contributed by atoms with Crippen LogP contribution in [-0.2, 0) is 6.54 Å². The third-order valence-corrected chi connectivity index (χ3v) is 2.48. The summed E-state index contributed by atoms with van der Waals surface area (Å²) in [6, 6.07) is 19.7. The van der Waals surface area contributed by atoms with E-state index in [2.05, 4.69) is 11.0 Å². The van der Waals surface area contributed by atoms with E-state index in [-0.39, 0.29) is 5.88 Å². The number of hydrogen-bond acceptors (Lipinski definition) is 2. The van der Waals surface area contributed by atoms with E-state index in [1.54, 1.807) is 6.08 Å². The van der Waals surface area contributed by atoms with Crippen molar-refractivity contribution in [3.05, 3.63) is 83.4 Å². The normalized spacial score (nSPS) is 9.33. The standard InChI is InChI=1S/C16H15NO/c18-16(12-11-14-7-3-1-4-8-14)17-13-15-9-5-2-6-10-15/h1-11,17-18H,13H2. The molecule has 0 aliphatic carbocycles. The summed E-state index contributed by atoms with van der Waals surface area (Å²) in [5.74, 6) is 0.0442. The molecule has 0 amide bonds. The molecular weight excluding hydrogens is 222 g/mol. The molecule has 0 radical (unpaired) electrons. The Labute approximate surface area is 107 Å². The summed E-state index contributed by atoms with van der Waals surface area (Å²) in [4.78, 5) is 0. The fourth-order valence-electron chi connectivity index (χ4n) is 1.53. The van der Waals surface area contributed by atoms with E-state index in [1.807, 2.05) is 60.7 Å². The Balaban J connectivity index is 1.96. The van der Waals surface area contributed by atoms with Crippen LogP contribution in [0.15, 0.2) is 72.3 Å². The lowest BCUT2D eigenvalue weighted by Crippen LogP contribution is -2.11. The Morgan fingerprint density at radius 2 is 1.61 bits per heavy atom. The van der Waals surface area contributed by atoms with Crippen LogP contribution in [-0.4, -0.2) is 5.11 Å². The summed E-state index contributed by atoms with van der Waals surface area (Å²) < 4.78 is 0. The molecule has 2 aromatic rings. The van der Waals surface area contributed by atoms with Gasteiger partial charge in [0, 0.05) is 6.54 Å². The molecule has 90 valence electrons. The zero-order valence-electron chi connectivity index (χ0n) is 10.0. The van der Waals surface area contributed by atoms with Crippen molar-refractivity contribution in [1.82, 2.24) is 5.32 Å². The second kappa shape index (κ2) is 6.33. The van der Waals surface area contributed by atoms with E-state index in [0.717, 1.165) is 11.1 Å². The van der Waals surface area contributed by atoms with Crippen molar-refractivity contribution in [2.45, 2.75) is 6.54 Å². The summed E-state index contributed by atoms with van der Waals surface area (Å²) in [7, 11) is 0. The lowest BCUT2D eigenvalue weighted by atomic mass is 10.2. The molecule has 2 heteroatoms. The van der Waals surface area contributed by atoms with Crippen LogP contribution < -0.4 is 5.32 Å². The van der Waals surface area contributed by atoms with Crippen LogP contribution in [0.2, 0.25) is 0 Å². The maximum absolute atomic E-state index is 9.64. The SMILES string of the molecule is OC(=C=Cc1ccccc1)NCc1ccccc1. The van der Waals surface area contributed by atoms with Gasteiger partial charge in [-0.15, -0.1) is 0 Å². The van der Waals surface area contributed by atoms with Gasteiger partial charge in [0.05, 0.1) is 0 Å². The van der Waals surface area contributed by atoms with Gasteiger partial charge in [-0.3, -0.25) is 0 Å². The largest absolute Gasteiger partial charge is 0.489 e. The predicted octanol–water partition coefficient (Wildman–Crippen LogP) is 3.49. The fraction of sp³-hybridized carbons (Fsp3) is 0.0625. The van der Waals surface area contributed by atoms with Crippen molar-refractivity contribution >= 4 is 6.08 Å². The summed E-state index contributed by atoms with van der Waals surface area (Å²) >= 11 is 0. The van der Waals surface area contributed by atoms with Crippen LogP contribution in [0.3, 0.4) is 0 Å². The third-order valence-electron chi connectivity index (χ3n) is 2.48. The van der Waals surface area contributed by atoms with Gasteiger partial charge in [0.2, 0.25) is 5.88 Å². The van der Waals surface area contributed by atoms with Gasteiger partial charge in [-0.25, -0.2) is 0 Å². The van der Waals surface area contributed by atoms with Gasteiger partial charge in [0.1, 0.15) is 0 Å². The third kappa shape index (κ3) is 3.85. The molecule has 0 unspecified atom stereocenters. The molecule has 2 N–H and O–H groups in total. The fourth-order valence-corrected chi connectivity index (χ4v) is 1.53. The van der Waals surface area contributed by atoms with Crippen molar-refractivity contribution < 1.29 is 5.11 Å². The van der Waals surface area contributed by atoms with E-state index in [9.17, 15) is 5.11 Å². The van der Waals surface area contributed by atoms with Gasteiger partial charge in [-0.2, -0.15) is 0 Å². The summed E-state index contributed by atoms with van der Waals surface area (Å²) in [6.45, 7) is 0.586. The average molecular weight is 237 g/mol. The van der Waals surface area contributed by atoms with Gasteiger partial charge in [-0.05, 0) is 17.2 Å². The molecule has 0 atom stereocenters. The van der Waals surface area contributed by atoms with Crippen molar-refractivity contribution in [3.8, 4) is 0 Å². The highest BCUT2D eigenvalue weighted by atomic mass is 16.3. The molecule has 0 spiro atoms. The molecule has 2 aromatic carbocycles. The van der Waals surface area contributed by atoms with Crippen molar-refractivity contribution in [2.24, 2.45) is 0 Å². The van der Waals surface area contributed by atoms with Gasteiger partial charge in [0.25, 0.3) is 0 Å². The van der Waals surface area contributed by atoms with E-state index in [1.165, 1.54) is 0 Å². The minimum absolute atomic E-state index is 0.0442. The maximum Gasteiger partial charge on any atom is 0.231 e. The first kappa shape index (κ1) is 12.0. The van der Waals surface area contributed by atoms with Crippen molar-refractivity contribution in [3.63, 3.8) is 0 Å². The highest BCUT2D eigenvalue weighted by Gasteiger charge is 1.92. The van der Waals surface area contributed by atoms with Crippen LogP contribution in [0.4, 0.5) is 0 Å². The van der Waals surface area contributed by atoms with E-state index in [0.29, 0.717) is 6.54 Å². The van der Waals surface area contributed by atoms with Gasteiger partial charge < -0.3 is 10.4 Å². The maximum atomic E-state index is 9.64. The first-order valence-corrected chi connectivity index (χ1v) is 5.83. The van der Waals surface area contributed by atoms with Crippen LogP contribution in [0.25, 0.3) is 6.08 Å². The van der Waals surface area contributed by atoms with E-state index < -0.39 is 0 Å². The number of nitrogens with one attached hydrogen (secondary N) is 1. The predicted molar refractivity (Wildman–Crippen MR) is 73.8 cm³/mol. The molecule has 0 fully saturated rings. The van der Waals surface area contributed by atoms with E-state index >= 15 is 0 Å². The number of hydrogen-bond donors (Lipinski definition) is 2. The molecule has 0 heterocycles. The summed E-state index contributed by atoms with van der Waals surface area (Å²) in [6.07, 6.45) is 1.74. The highest BCUT2D eigenvalue weighted by Crippen LogP contribution is 2.01. The number of benzene rings is 2. The topological polar surface area (TPSA) is 32.3 Å². The first-order valence-electron chi connectivity index (χ1n) is 5.83. The zero-order valence-corrected chi connectivity index (χ0v) is 10.0. The first-order chi connectivity index (χ1) is 8.84. The summed E-state index contributed by atoms with van der Waals surface area (Å²) in [5.41, 5.74) is 4.93. The van der Waals surface area contributed by atoms with Crippen LogP contribution in [0, 0.1) is 0 Å². The molecule has 0 aromatic heterocycles. The molecular formula is C16H15NO. The lowest BCUT2D eigenvalue weighted by Gasteiger charge is -2.02. The molecule has 2 rings (SSSR count). The highest BCUT2D eigenvalue weighted by molar-refractivity contribution is 5.48. The Morgan fingerprint density at radius 3 is 2.28 bits per heavy atom. The molecule has 0 bridgehead atoms. The Morgan fingerprint density at radius 1 is 1.00 bits per heavy atom. The second-order valence-corrected chi connectivity index (χ2v) is 3.89. The van der Waals surface area contributed by atoms with Crippen LogP contribution in [0.1, 0.15) is 11.1 Å². The second-order valence-electron chi connectivity index (χ2n) is 3.89. The molecule has 0 saturated heterocycles. The quantitative estimate of drug-likeness (QED) is 0.630. The molecule has 0 aliphatic rings. The lowest BCUT2D eigenvalue weighted by molar-refractivity contribution is 0.365. The van der Waals surface area contributed by atoms with Gasteiger partial charge in [-0.1, -0.05) is 66.4 Å². The average Bonchev–Trinajstić information content (AvgIpc) is 2.45.